The lowest BCUT2D eigenvalue weighted by Gasteiger charge is -2.09. The van der Waals surface area contributed by atoms with Crippen LogP contribution in [0.4, 0.5) is 0 Å². The van der Waals surface area contributed by atoms with Crippen LogP contribution < -0.4 is 14.8 Å². The number of hydrogen-bond donors (Lipinski definition) is 2. The fraction of sp³-hybridized carbons (Fsp3) is 0.235. The van der Waals surface area contributed by atoms with E-state index in [-0.39, 0.29) is 17.3 Å². The Labute approximate surface area is 141 Å². The molecule has 1 amide bonds. The molecular formula is C17H20N2O4S. The molecule has 7 heteroatoms. The molecule has 0 bridgehead atoms. The molecule has 24 heavy (non-hydrogen) atoms. The van der Waals surface area contributed by atoms with Gasteiger partial charge in [0.05, 0.1) is 12.0 Å². The molecule has 0 unspecified atom stereocenters. The Morgan fingerprint density at radius 1 is 0.958 bits per heavy atom. The number of sulfonamides is 1. The average Bonchev–Trinajstić information content (AvgIpc) is 2.59. The van der Waals surface area contributed by atoms with Gasteiger partial charge >= 0.3 is 0 Å². The highest BCUT2D eigenvalue weighted by atomic mass is 32.2. The maximum atomic E-state index is 12.3. The lowest BCUT2D eigenvalue weighted by atomic mass is 10.2. The molecule has 0 saturated carbocycles. The van der Waals surface area contributed by atoms with Gasteiger partial charge in [0.2, 0.25) is 15.9 Å². The highest BCUT2D eigenvalue weighted by Gasteiger charge is 2.13. The van der Waals surface area contributed by atoms with Crippen molar-refractivity contribution in [3.05, 3.63) is 59.7 Å². The van der Waals surface area contributed by atoms with Crippen LogP contribution in [-0.2, 0) is 27.9 Å². The monoisotopic (exact) mass is 348 g/mol. The van der Waals surface area contributed by atoms with Crippen LogP contribution in [0.1, 0.15) is 18.1 Å². The fourth-order valence-corrected chi connectivity index (χ4v) is 3.04. The van der Waals surface area contributed by atoms with Crippen molar-refractivity contribution in [2.24, 2.45) is 0 Å². The van der Waals surface area contributed by atoms with Crippen LogP contribution in [0.5, 0.6) is 5.75 Å². The molecule has 2 N–H and O–H groups in total. The standard InChI is InChI=1S/C17H20N2O4S/c1-13(20)18-11-14-5-9-17(10-6-14)24(21,22)19-12-15-3-7-16(23-2)8-4-15/h3-10,19H,11-12H2,1-2H3,(H,18,20). The van der Waals surface area contributed by atoms with Crippen molar-refractivity contribution in [3.8, 4) is 5.75 Å². The van der Waals surface area contributed by atoms with Crippen molar-refractivity contribution in [1.82, 2.24) is 10.0 Å². The second-order valence-corrected chi connectivity index (χ2v) is 6.99. The van der Waals surface area contributed by atoms with Gasteiger partial charge in [-0.05, 0) is 35.4 Å². The molecule has 0 spiro atoms. The molecule has 2 aromatic carbocycles. The van der Waals surface area contributed by atoms with Crippen molar-refractivity contribution in [3.63, 3.8) is 0 Å². The highest BCUT2D eigenvalue weighted by Crippen LogP contribution is 2.14. The molecule has 0 aromatic heterocycles. The summed E-state index contributed by atoms with van der Waals surface area (Å²) in [6.45, 7) is 2.00. The molecule has 6 nitrogen and oxygen atoms in total. The van der Waals surface area contributed by atoms with Gasteiger partial charge in [0.1, 0.15) is 5.75 Å². The fourth-order valence-electron chi connectivity index (χ4n) is 2.02. The SMILES string of the molecule is COc1ccc(CNS(=O)(=O)c2ccc(CNC(C)=O)cc2)cc1. The summed E-state index contributed by atoms with van der Waals surface area (Å²) >= 11 is 0. The number of ether oxygens (including phenoxy) is 1. The predicted molar refractivity (Wildman–Crippen MR) is 91.0 cm³/mol. The maximum absolute atomic E-state index is 12.3. The van der Waals surface area contributed by atoms with Crippen molar-refractivity contribution in [2.75, 3.05) is 7.11 Å². The van der Waals surface area contributed by atoms with Crippen molar-refractivity contribution in [1.29, 1.82) is 0 Å². The van der Waals surface area contributed by atoms with E-state index in [1.807, 2.05) is 0 Å². The first-order valence-electron chi connectivity index (χ1n) is 7.37. The number of carbonyl (C=O) groups is 1. The highest BCUT2D eigenvalue weighted by molar-refractivity contribution is 7.89. The van der Waals surface area contributed by atoms with E-state index in [2.05, 4.69) is 10.0 Å². The van der Waals surface area contributed by atoms with E-state index >= 15 is 0 Å². The van der Waals surface area contributed by atoms with Crippen molar-refractivity contribution in [2.45, 2.75) is 24.9 Å². The third kappa shape index (κ3) is 5.07. The van der Waals surface area contributed by atoms with Gasteiger partial charge in [0.25, 0.3) is 0 Å². The zero-order chi connectivity index (χ0) is 17.6. The van der Waals surface area contributed by atoms with Crippen molar-refractivity contribution < 1.29 is 17.9 Å². The van der Waals surface area contributed by atoms with Gasteiger partial charge in [-0.3, -0.25) is 4.79 Å². The van der Waals surface area contributed by atoms with Gasteiger partial charge in [-0.2, -0.15) is 0 Å². The van der Waals surface area contributed by atoms with Crippen LogP contribution in [0.15, 0.2) is 53.4 Å². The molecule has 0 heterocycles. The third-order valence-corrected chi connectivity index (χ3v) is 4.82. The summed E-state index contributed by atoms with van der Waals surface area (Å²) in [5, 5.41) is 2.66. The molecular weight excluding hydrogens is 328 g/mol. The Morgan fingerprint density at radius 3 is 2.04 bits per heavy atom. The number of nitrogens with one attached hydrogen (secondary N) is 2. The Kier molecular flexibility index (Phi) is 5.94. The minimum absolute atomic E-state index is 0.132. The second kappa shape index (κ2) is 7.94. The largest absolute Gasteiger partial charge is 0.497 e. The summed E-state index contributed by atoms with van der Waals surface area (Å²) in [5.74, 6) is 0.587. The molecule has 0 fully saturated rings. The Hall–Kier alpha value is -2.38. The maximum Gasteiger partial charge on any atom is 0.240 e. The molecule has 128 valence electrons. The normalized spacial score (nSPS) is 11.1. The van der Waals surface area contributed by atoms with Crippen LogP contribution in [0, 0.1) is 0 Å². The van der Waals surface area contributed by atoms with E-state index in [0.29, 0.717) is 6.54 Å². The smallest absolute Gasteiger partial charge is 0.240 e. The summed E-state index contributed by atoms with van der Waals surface area (Å²) in [4.78, 5) is 11.1. The minimum Gasteiger partial charge on any atom is -0.497 e. The van der Waals surface area contributed by atoms with Gasteiger partial charge < -0.3 is 10.1 Å². The van der Waals surface area contributed by atoms with Crippen LogP contribution in [0.25, 0.3) is 0 Å². The zero-order valence-corrected chi connectivity index (χ0v) is 14.4. The van der Waals surface area contributed by atoms with Crippen LogP contribution in [-0.4, -0.2) is 21.4 Å². The summed E-state index contributed by atoms with van der Waals surface area (Å²) in [7, 11) is -2.01. The first-order chi connectivity index (χ1) is 11.4. The van der Waals surface area contributed by atoms with Gasteiger partial charge in [0, 0.05) is 20.0 Å². The van der Waals surface area contributed by atoms with Gasteiger partial charge in [-0.1, -0.05) is 24.3 Å². The minimum atomic E-state index is -3.59. The molecule has 0 aliphatic heterocycles. The second-order valence-electron chi connectivity index (χ2n) is 5.23. The number of amides is 1. The molecule has 2 rings (SSSR count). The first kappa shape index (κ1) is 18.0. The predicted octanol–water partition coefficient (Wildman–Crippen LogP) is 1.81. The molecule has 0 atom stereocenters. The number of benzene rings is 2. The van der Waals surface area contributed by atoms with E-state index < -0.39 is 10.0 Å². The van der Waals surface area contributed by atoms with E-state index in [1.54, 1.807) is 43.5 Å². The van der Waals surface area contributed by atoms with Crippen LogP contribution in [0.2, 0.25) is 0 Å². The number of hydrogen-bond acceptors (Lipinski definition) is 4. The number of carbonyl (C=O) groups excluding carboxylic acids is 1. The van der Waals surface area contributed by atoms with E-state index in [0.717, 1.165) is 16.9 Å². The topological polar surface area (TPSA) is 84.5 Å². The average molecular weight is 348 g/mol. The quantitative estimate of drug-likeness (QED) is 0.799. The van der Waals surface area contributed by atoms with Crippen LogP contribution >= 0.6 is 0 Å². The molecule has 2 aromatic rings. The lowest BCUT2D eigenvalue weighted by Crippen LogP contribution is -2.23. The Balaban J connectivity index is 1.99. The molecule has 0 radical (unpaired) electrons. The molecule has 0 saturated heterocycles. The summed E-state index contributed by atoms with van der Waals surface area (Å²) in [6.07, 6.45) is 0. The lowest BCUT2D eigenvalue weighted by molar-refractivity contribution is -0.119. The number of rotatable bonds is 7. The summed E-state index contributed by atoms with van der Waals surface area (Å²) in [6, 6.07) is 13.6. The Morgan fingerprint density at radius 2 is 1.50 bits per heavy atom. The van der Waals surface area contributed by atoms with Gasteiger partial charge in [-0.25, -0.2) is 13.1 Å². The molecule has 0 aliphatic carbocycles. The Bertz CT molecular complexity index is 784. The third-order valence-electron chi connectivity index (χ3n) is 3.40. The van der Waals surface area contributed by atoms with Gasteiger partial charge in [0.15, 0.2) is 0 Å². The van der Waals surface area contributed by atoms with Gasteiger partial charge in [-0.15, -0.1) is 0 Å². The first-order valence-corrected chi connectivity index (χ1v) is 8.85. The van der Waals surface area contributed by atoms with E-state index in [9.17, 15) is 13.2 Å². The molecule has 0 aliphatic rings. The van der Waals surface area contributed by atoms with Crippen molar-refractivity contribution >= 4 is 15.9 Å². The van der Waals surface area contributed by atoms with E-state index in [1.165, 1.54) is 19.1 Å². The van der Waals surface area contributed by atoms with Crippen LogP contribution in [0.3, 0.4) is 0 Å². The summed E-state index contributed by atoms with van der Waals surface area (Å²) < 4.78 is 32.2. The zero-order valence-electron chi connectivity index (χ0n) is 13.6. The number of methoxy groups -OCH3 is 1. The summed E-state index contributed by atoms with van der Waals surface area (Å²) in [5.41, 5.74) is 1.67. The van der Waals surface area contributed by atoms with E-state index in [4.69, 9.17) is 4.74 Å².